The number of aryl methyl sites for hydroxylation is 1. The van der Waals surface area contributed by atoms with Gasteiger partial charge in [0.1, 0.15) is 11.2 Å². The minimum Gasteiger partial charge on any atom is -0.480 e. The second-order valence-electron chi connectivity index (χ2n) is 4.65. The molecule has 0 radical (unpaired) electrons. The smallest absolute Gasteiger partial charge is 0.319 e. The van der Waals surface area contributed by atoms with Crippen molar-refractivity contribution >= 4 is 11.9 Å². The Balaban J connectivity index is 1.98. The van der Waals surface area contributed by atoms with Crippen LogP contribution in [0.15, 0.2) is 18.2 Å². The van der Waals surface area contributed by atoms with E-state index in [4.69, 9.17) is 5.11 Å². The van der Waals surface area contributed by atoms with Gasteiger partial charge in [-0.25, -0.2) is 4.39 Å². The summed E-state index contributed by atoms with van der Waals surface area (Å²) in [5.74, 6) is -1.91. The molecule has 1 aliphatic rings. The molecule has 1 aromatic rings. The summed E-state index contributed by atoms with van der Waals surface area (Å²) in [6.07, 6.45) is 0.743. The van der Waals surface area contributed by atoms with E-state index in [9.17, 15) is 14.0 Å². The van der Waals surface area contributed by atoms with Gasteiger partial charge in [0.05, 0.1) is 0 Å². The van der Waals surface area contributed by atoms with Gasteiger partial charge in [-0.1, -0.05) is 12.1 Å². The molecule has 1 aliphatic carbocycles. The van der Waals surface area contributed by atoms with Crippen molar-refractivity contribution < 1.29 is 19.1 Å². The number of rotatable bonds is 4. The molecule has 2 N–H and O–H groups in total. The molecule has 18 heavy (non-hydrogen) atoms. The van der Waals surface area contributed by atoms with E-state index in [1.807, 2.05) is 0 Å². The fourth-order valence-corrected chi connectivity index (χ4v) is 1.76. The third-order valence-electron chi connectivity index (χ3n) is 3.28. The highest BCUT2D eigenvalue weighted by Gasteiger charge is 2.56. The predicted molar refractivity (Wildman–Crippen MR) is 62.3 cm³/mol. The fourth-order valence-electron chi connectivity index (χ4n) is 1.76. The number of hydrogen-bond acceptors (Lipinski definition) is 2. The van der Waals surface area contributed by atoms with E-state index in [0.717, 1.165) is 0 Å². The van der Waals surface area contributed by atoms with Crippen LogP contribution in [0, 0.1) is 18.2 Å². The number of hydrogen-bond donors (Lipinski definition) is 2. The third kappa shape index (κ3) is 2.20. The standard InChI is InChI=1S/C13H14FNO3/c1-8-2-3-9(6-10(8)14)7-15-11(16)13(4-5-13)12(17)18/h2-3,6H,4-5,7H2,1H3,(H,15,16)(H,17,18). The average molecular weight is 251 g/mol. The van der Waals surface area contributed by atoms with E-state index >= 15 is 0 Å². The summed E-state index contributed by atoms with van der Waals surface area (Å²) in [6.45, 7) is 1.80. The van der Waals surface area contributed by atoms with Crippen LogP contribution in [0.25, 0.3) is 0 Å². The maximum Gasteiger partial charge on any atom is 0.319 e. The Kier molecular flexibility index (Phi) is 3.07. The molecule has 0 saturated heterocycles. The van der Waals surface area contributed by atoms with Crippen LogP contribution in [0.1, 0.15) is 24.0 Å². The number of amides is 1. The van der Waals surface area contributed by atoms with Crippen LogP contribution in [0.5, 0.6) is 0 Å². The van der Waals surface area contributed by atoms with Crippen LogP contribution in [0.2, 0.25) is 0 Å². The molecule has 1 fully saturated rings. The van der Waals surface area contributed by atoms with E-state index < -0.39 is 17.3 Å². The SMILES string of the molecule is Cc1ccc(CNC(=O)C2(C(=O)O)CC2)cc1F. The highest BCUT2D eigenvalue weighted by atomic mass is 19.1. The number of carboxylic acids is 1. The molecule has 2 rings (SSSR count). The minimum atomic E-state index is -1.25. The summed E-state index contributed by atoms with van der Waals surface area (Å²) in [6, 6.07) is 4.68. The Morgan fingerprint density at radius 1 is 1.44 bits per heavy atom. The highest BCUT2D eigenvalue weighted by Crippen LogP contribution is 2.46. The summed E-state index contributed by atoms with van der Waals surface area (Å²) >= 11 is 0. The van der Waals surface area contributed by atoms with Crippen molar-refractivity contribution in [1.29, 1.82) is 0 Å². The van der Waals surface area contributed by atoms with E-state index in [2.05, 4.69) is 5.32 Å². The molecular weight excluding hydrogens is 237 g/mol. The maximum atomic E-state index is 13.3. The minimum absolute atomic E-state index is 0.144. The maximum absolute atomic E-state index is 13.3. The van der Waals surface area contributed by atoms with Crippen LogP contribution >= 0.6 is 0 Å². The van der Waals surface area contributed by atoms with Crippen molar-refractivity contribution in [2.75, 3.05) is 0 Å². The Bertz CT molecular complexity index is 509. The van der Waals surface area contributed by atoms with Gasteiger partial charge in [0.2, 0.25) is 5.91 Å². The molecule has 0 aliphatic heterocycles. The molecule has 1 aromatic carbocycles. The summed E-state index contributed by atoms with van der Waals surface area (Å²) in [5.41, 5.74) is -0.0922. The fraction of sp³-hybridized carbons (Fsp3) is 0.385. The number of carbonyl (C=O) groups excluding carboxylic acids is 1. The van der Waals surface area contributed by atoms with Crippen molar-refractivity contribution in [3.8, 4) is 0 Å². The van der Waals surface area contributed by atoms with E-state index in [0.29, 0.717) is 24.0 Å². The van der Waals surface area contributed by atoms with E-state index in [1.54, 1.807) is 19.1 Å². The number of halogens is 1. The van der Waals surface area contributed by atoms with Crippen LogP contribution in [0.4, 0.5) is 4.39 Å². The Labute approximate surface area is 104 Å². The lowest BCUT2D eigenvalue weighted by Crippen LogP contribution is -2.36. The third-order valence-corrected chi connectivity index (χ3v) is 3.28. The molecule has 4 nitrogen and oxygen atoms in total. The van der Waals surface area contributed by atoms with Gasteiger partial charge in [-0.15, -0.1) is 0 Å². The molecule has 0 bridgehead atoms. The molecule has 0 spiro atoms. The zero-order valence-electron chi connectivity index (χ0n) is 10.00. The van der Waals surface area contributed by atoms with Crippen LogP contribution in [-0.2, 0) is 16.1 Å². The van der Waals surface area contributed by atoms with Crippen molar-refractivity contribution in [2.45, 2.75) is 26.3 Å². The number of carboxylic acid groups (broad SMARTS) is 1. The summed E-state index contributed by atoms with van der Waals surface area (Å²) in [4.78, 5) is 22.6. The van der Waals surface area contributed by atoms with E-state index in [1.165, 1.54) is 6.07 Å². The first-order valence-electron chi connectivity index (χ1n) is 5.72. The monoisotopic (exact) mass is 251 g/mol. The Hall–Kier alpha value is -1.91. The summed E-state index contributed by atoms with van der Waals surface area (Å²) < 4.78 is 13.3. The second-order valence-corrected chi connectivity index (χ2v) is 4.65. The largest absolute Gasteiger partial charge is 0.480 e. The van der Waals surface area contributed by atoms with Crippen molar-refractivity contribution in [2.24, 2.45) is 5.41 Å². The predicted octanol–water partition coefficient (Wildman–Crippen LogP) is 1.62. The molecule has 5 heteroatoms. The van der Waals surface area contributed by atoms with Gasteiger partial charge in [-0.3, -0.25) is 9.59 Å². The second kappa shape index (κ2) is 4.40. The van der Waals surface area contributed by atoms with E-state index in [-0.39, 0.29) is 12.4 Å². The number of aliphatic carboxylic acids is 1. The van der Waals surface area contributed by atoms with Crippen LogP contribution in [0.3, 0.4) is 0 Å². The lowest BCUT2D eigenvalue weighted by Gasteiger charge is -2.11. The van der Waals surface area contributed by atoms with Gasteiger partial charge in [-0.05, 0) is 37.0 Å². The normalized spacial score (nSPS) is 16.1. The van der Waals surface area contributed by atoms with Gasteiger partial charge in [0.15, 0.2) is 0 Å². The zero-order valence-corrected chi connectivity index (χ0v) is 10.00. The lowest BCUT2D eigenvalue weighted by molar-refractivity contribution is -0.149. The first kappa shape index (κ1) is 12.5. The van der Waals surface area contributed by atoms with Gasteiger partial charge >= 0.3 is 5.97 Å². The molecule has 1 amide bonds. The zero-order chi connectivity index (χ0) is 13.3. The van der Waals surface area contributed by atoms with Crippen molar-refractivity contribution in [3.63, 3.8) is 0 Å². The Morgan fingerprint density at radius 2 is 2.11 bits per heavy atom. The summed E-state index contributed by atoms with van der Waals surface area (Å²) in [7, 11) is 0. The average Bonchev–Trinajstić information content (AvgIpc) is 3.11. The molecular formula is C13H14FNO3. The van der Waals surface area contributed by atoms with Crippen molar-refractivity contribution in [3.05, 3.63) is 35.1 Å². The van der Waals surface area contributed by atoms with Crippen molar-refractivity contribution in [1.82, 2.24) is 5.32 Å². The number of benzene rings is 1. The quantitative estimate of drug-likeness (QED) is 0.799. The molecule has 96 valence electrons. The molecule has 1 saturated carbocycles. The molecule has 0 aromatic heterocycles. The highest BCUT2D eigenvalue weighted by molar-refractivity contribution is 6.04. The Morgan fingerprint density at radius 3 is 2.61 bits per heavy atom. The lowest BCUT2D eigenvalue weighted by atomic mass is 10.1. The first-order chi connectivity index (χ1) is 8.45. The molecule has 0 unspecified atom stereocenters. The number of carbonyl (C=O) groups is 2. The van der Waals surface area contributed by atoms with Crippen LogP contribution in [-0.4, -0.2) is 17.0 Å². The first-order valence-corrected chi connectivity index (χ1v) is 5.72. The van der Waals surface area contributed by atoms with Gasteiger partial charge in [0.25, 0.3) is 0 Å². The topological polar surface area (TPSA) is 66.4 Å². The summed E-state index contributed by atoms with van der Waals surface area (Å²) in [5, 5.41) is 11.5. The van der Waals surface area contributed by atoms with Gasteiger partial charge < -0.3 is 10.4 Å². The van der Waals surface area contributed by atoms with Gasteiger partial charge in [0, 0.05) is 6.54 Å². The van der Waals surface area contributed by atoms with Crippen LogP contribution < -0.4 is 5.32 Å². The van der Waals surface area contributed by atoms with Gasteiger partial charge in [-0.2, -0.15) is 0 Å². The molecule has 0 atom stereocenters. The number of nitrogens with one attached hydrogen (secondary N) is 1. The molecule has 0 heterocycles.